The maximum atomic E-state index is 12.9. The lowest BCUT2D eigenvalue weighted by Crippen LogP contribution is -2.42. The largest absolute Gasteiger partial charge is 0.416 e. The summed E-state index contributed by atoms with van der Waals surface area (Å²) < 4.78 is 38.0. The van der Waals surface area contributed by atoms with E-state index in [0.29, 0.717) is 11.1 Å². The summed E-state index contributed by atoms with van der Waals surface area (Å²) in [7, 11) is 1.69. The summed E-state index contributed by atoms with van der Waals surface area (Å²) in [6.07, 6.45) is -4.38. The minimum Gasteiger partial charge on any atom is -0.319 e. The second-order valence-electron chi connectivity index (χ2n) is 7.00. The molecule has 0 aromatic heterocycles. The fraction of sp³-hybridized carbons (Fsp3) is 0.300. The first-order valence-corrected chi connectivity index (χ1v) is 8.65. The van der Waals surface area contributed by atoms with Gasteiger partial charge in [0.2, 0.25) is 0 Å². The number of alkyl halides is 3. The van der Waals surface area contributed by atoms with Crippen LogP contribution in [0.25, 0.3) is 0 Å². The van der Waals surface area contributed by atoms with Gasteiger partial charge in [-0.25, -0.2) is 9.69 Å². The van der Waals surface area contributed by atoms with Gasteiger partial charge in [-0.05, 0) is 37.2 Å². The lowest BCUT2D eigenvalue weighted by Gasteiger charge is -2.25. The van der Waals surface area contributed by atoms with Crippen LogP contribution in [0.5, 0.6) is 0 Å². The van der Waals surface area contributed by atoms with Crippen molar-refractivity contribution in [1.29, 1.82) is 0 Å². The van der Waals surface area contributed by atoms with Crippen LogP contribution < -0.4 is 5.32 Å². The molecule has 3 amide bonds. The van der Waals surface area contributed by atoms with Crippen molar-refractivity contribution in [2.24, 2.45) is 0 Å². The summed E-state index contributed by atoms with van der Waals surface area (Å²) in [4.78, 5) is 28.0. The van der Waals surface area contributed by atoms with E-state index < -0.39 is 23.3 Å². The van der Waals surface area contributed by atoms with E-state index in [1.54, 1.807) is 43.1 Å². The Bertz CT molecular complexity index is 869. The Hall–Kier alpha value is -2.87. The second-order valence-corrected chi connectivity index (χ2v) is 7.00. The number of amides is 3. The number of carbonyl (C=O) groups is 2. The van der Waals surface area contributed by atoms with Gasteiger partial charge in [0, 0.05) is 6.54 Å². The molecule has 0 unspecified atom stereocenters. The van der Waals surface area contributed by atoms with Crippen LogP contribution in [0, 0.1) is 0 Å². The molecule has 148 valence electrons. The molecular weight excluding hydrogens is 371 g/mol. The molecule has 2 aromatic carbocycles. The van der Waals surface area contributed by atoms with E-state index in [2.05, 4.69) is 5.32 Å². The molecule has 3 rings (SSSR count). The average Bonchev–Trinajstić information content (AvgIpc) is 2.86. The monoisotopic (exact) mass is 391 g/mol. The summed E-state index contributed by atoms with van der Waals surface area (Å²) in [5, 5.41) is 2.73. The van der Waals surface area contributed by atoms with Gasteiger partial charge in [-0.2, -0.15) is 13.2 Å². The van der Waals surface area contributed by atoms with Crippen molar-refractivity contribution in [2.75, 3.05) is 13.7 Å². The van der Waals surface area contributed by atoms with Gasteiger partial charge in [0.05, 0.1) is 12.2 Å². The Morgan fingerprint density at radius 2 is 1.64 bits per heavy atom. The van der Waals surface area contributed by atoms with E-state index in [1.807, 2.05) is 6.07 Å². The smallest absolute Gasteiger partial charge is 0.319 e. The zero-order valence-corrected chi connectivity index (χ0v) is 15.5. The number of urea groups is 1. The number of halogens is 3. The van der Waals surface area contributed by atoms with E-state index in [-0.39, 0.29) is 19.1 Å². The van der Waals surface area contributed by atoms with Gasteiger partial charge < -0.3 is 5.32 Å². The Balaban J connectivity index is 1.68. The Morgan fingerprint density at radius 1 is 1.04 bits per heavy atom. The molecule has 1 N–H and O–H groups in total. The summed E-state index contributed by atoms with van der Waals surface area (Å²) in [5.74, 6) is -0.372. The number of benzene rings is 2. The number of rotatable bonds is 5. The Kier molecular flexibility index (Phi) is 5.16. The van der Waals surface area contributed by atoms with Crippen molar-refractivity contribution in [3.8, 4) is 0 Å². The summed E-state index contributed by atoms with van der Waals surface area (Å²) in [6.45, 7) is 1.96. The van der Waals surface area contributed by atoms with Crippen LogP contribution in [0.2, 0.25) is 0 Å². The first-order chi connectivity index (χ1) is 13.1. The molecule has 0 saturated carbocycles. The molecular formula is C20H20F3N3O2. The minimum absolute atomic E-state index is 0.0219. The van der Waals surface area contributed by atoms with E-state index in [9.17, 15) is 22.8 Å². The molecule has 1 heterocycles. The fourth-order valence-corrected chi connectivity index (χ4v) is 3.19. The molecule has 1 atom stereocenters. The van der Waals surface area contributed by atoms with Crippen molar-refractivity contribution in [2.45, 2.75) is 25.2 Å². The molecule has 2 aromatic rings. The van der Waals surface area contributed by atoms with E-state index in [0.717, 1.165) is 17.0 Å². The highest BCUT2D eigenvalue weighted by Crippen LogP contribution is 2.30. The molecule has 5 nitrogen and oxygen atoms in total. The third-order valence-electron chi connectivity index (χ3n) is 4.74. The molecule has 1 aliphatic heterocycles. The van der Waals surface area contributed by atoms with Crippen molar-refractivity contribution >= 4 is 11.9 Å². The van der Waals surface area contributed by atoms with E-state index in [1.165, 1.54) is 12.1 Å². The van der Waals surface area contributed by atoms with Crippen LogP contribution in [0.1, 0.15) is 23.6 Å². The number of nitrogens with one attached hydrogen (secondary N) is 1. The number of hydrogen-bond donors (Lipinski definition) is 1. The standard InChI is InChI=1S/C20H20F3N3O2/c1-19(15-6-4-3-5-7-15)17(27)26(18(28)24-19)13-25(2)12-14-8-10-16(11-9-14)20(21,22)23/h3-11H,12-13H2,1-2H3,(H,24,28)/t19-/m0/s1. The molecule has 1 saturated heterocycles. The van der Waals surface area contributed by atoms with Crippen molar-refractivity contribution in [3.63, 3.8) is 0 Å². The Labute approximate surface area is 160 Å². The second kappa shape index (κ2) is 7.27. The third-order valence-corrected chi connectivity index (χ3v) is 4.74. The molecule has 0 radical (unpaired) electrons. The Morgan fingerprint density at radius 3 is 2.21 bits per heavy atom. The lowest BCUT2D eigenvalue weighted by atomic mass is 9.92. The van der Waals surface area contributed by atoms with Crippen LogP contribution in [-0.4, -0.2) is 35.5 Å². The first-order valence-electron chi connectivity index (χ1n) is 8.65. The molecule has 8 heteroatoms. The van der Waals surface area contributed by atoms with Crippen LogP contribution >= 0.6 is 0 Å². The predicted molar refractivity (Wildman–Crippen MR) is 96.9 cm³/mol. The van der Waals surface area contributed by atoms with Crippen molar-refractivity contribution in [3.05, 3.63) is 71.3 Å². The van der Waals surface area contributed by atoms with Gasteiger partial charge in [-0.3, -0.25) is 9.69 Å². The molecule has 1 aliphatic rings. The van der Waals surface area contributed by atoms with Gasteiger partial charge >= 0.3 is 12.2 Å². The van der Waals surface area contributed by atoms with Crippen LogP contribution in [0.4, 0.5) is 18.0 Å². The van der Waals surface area contributed by atoms with Crippen molar-refractivity contribution < 1.29 is 22.8 Å². The fourth-order valence-electron chi connectivity index (χ4n) is 3.19. The normalized spacial score (nSPS) is 20.0. The van der Waals surface area contributed by atoms with Gasteiger partial charge in [0.1, 0.15) is 5.54 Å². The number of hydrogen-bond acceptors (Lipinski definition) is 3. The third kappa shape index (κ3) is 3.87. The predicted octanol–water partition coefficient (Wildman–Crippen LogP) is 3.56. The van der Waals surface area contributed by atoms with E-state index in [4.69, 9.17) is 0 Å². The first kappa shape index (κ1) is 19.9. The van der Waals surface area contributed by atoms with E-state index >= 15 is 0 Å². The number of nitrogens with zero attached hydrogens (tertiary/aromatic N) is 2. The molecule has 0 spiro atoms. The zero-order valence-electron chi connectivity index (χ0n) is 15.5. The summed E-state index contributed by atoms with van der Waals surface area (Å²) in [6, 6.07) is 13.3. The lowest BCUT2D eigenvalue weighted by molar-refractivity contribution is -0.137. The molecule has 28 heavy (non-hydrogen) atoms. The highest BCUT2D eigenvalue weighted by molar-refractivity contribution is 6.07. The maximum Gasteiger partial charge on any atom is 0.416 e. The number of imide groups is 1. The van der Waals surface area contributed by atoms with Crippen molar-refractivity contribution in [1.82, 2.24) is 15.1 Å². The topological polar surface area (TPSA) is 52.6 Å². The number of carbonyl (C=O) groups excluding carboxylic acids is 2. The van der Waals surface area contributed by atoms with Crippen LogP contribution in [-0.2, 0) is 23.1 Å². The van der Waals surface area contributed by atoms with Gasteiger partial charge in [0.15, 0.2) is 0 Å². The highest BCUT2D eigenvalue weighted by atomic mass is 19.4. The maximum absolute atomic E-state index is 12.9. The molecule has 0 aliphatic carbocycles. The molecule has 1 fully saturated rings. The van der Waals surface area contributed by atoms with Crippen LogP contribution in [0.15, 0.2) is 54.6 Å². The SMILES string of the molecule is CN(Cc1ccc(C(F)(F)F)cc1)CN1C(=O)N[C@@](C)(c2ccccc2)C1=O. The van der Waals surface area contributed by atoms with Gasteiger partial charge in [-0.15, -0.1) is 0 Å². The molecule has 0 bridgehead atoms. The summed E-state index contributed by atoms with van der Waals surface area (Å²) >= 11 is 0. The zero-order chi connectivity index (χ0) is 20.5. The van der Waals surface area contributed by atoms with Gasteiger partial charge in [0.25, 0.3) is 5.91 Å². The highest BCUT2D eigenvalue weighted by Gasteiger charge is 2.49. The average molecular weight is 391 g/mol. The summed E-state index contributed by atoms with van der Waals surface area (Å²) in [5.41, 5.74) is -0.533. The van der Waals surface area contributed by atoms with Crippen LogP contribution in [0.3, 0.4) is 0 Å². The minimum atomic E-state index is -4.38. The van der Waals surface area contributed by atoms with Gasteiger partial charge in [-0.1, -0.05) is 42.5 Å². The quantitative estimate of drug-likeness (QED) is 0.793.